The molecule has 0 aliphatic rings. The Hall–Kier alpha value is -2.76. The second-order valence-electron chi connectivity index (χ2n) is 6.16. The van der Waals surface area contributed by atoms with Gasteiger partial charge in [0.05, 0.1) is 0 Å². The monoisotopic (exact) mass is 419 g/mol. The van der Waals surface area contributed by atoms with E-state index in [1.54, 1.807) is 0 Å². The van der Waals surface area contributed by atoms with Gasteiger partial charge in [0.15, 0.2) is 0 Å². The van der Waals surface area contributed by atoms with Gasteiger partial charge < -0.3 is 4.42 Å². The molecule has 27 heavy (non-hydrogen) atoms. The third-order valence-electron chi connectivity index (χ3n) is 4.26. The molecule has 0 spiro atoms. The summed E-state index contributed by atoms with van der Waals surface area (Å²) >= 11 is 3.49. The molecule has 0 radical (unpaired) electrons. The SMILES string of the molecule is Brc1ccc([C@H](NCc2ccccc2)c2nnc(-c3ccccc3)o2)cc1. The summed E-state index contributed by atoms with van der Waals surface area (Å²) in [6.45, 7) is 0.699. The predicted molar refractivity (Wildman–Crippen MR) is 109 cm³/mol. The number of rotatable bonds is 6. The van der Waals surface area contributed by atoms with Crippen molar-refractivity contribution in [1.29, 1.82) is 0 Å². The van der Waals surface area contributed by atoms with Crippen LogP contribution in [0.2, 0.25) is 0 Å². The summed E-state index contributed by atoms with van der Waals surface area (Å²) < 4.78 is 7.04. The first-order chi connectivity index (χ1) is 13.3. The zero-order valence-electron chi connectivity index (χ0n) is 14.5. The molecule has 0 aliphatic carbocycles. The minimum absolute atomic E-state index is 0.191. The Kier molecular flexibility index (Phi) is 5.42. The lowest BCUT2D eigenvalue weighted by Crippen LogP contribution is -2.22. The molecule has 4 rings (SSSR count). The lowest BCUT2D eigenvalue weighted by Gasteiger charge is -2.16. The summed E-state index contributed by atoms with van der Waals surface area (Å²) in [5, 5.41) is 12.1. The Bertz CT molecular complexity index is 985. The molecular formula is C22H18BrN3O. The van der Waals surface area contributed by atoms with Crippen LogP contribution in [0.4, 0.5) is 0 Å². The maximum atomic E-state index is 6.01. The molecule has 4 aromatic rings. The Morgan fingerprint density at radius 1 is 0.815 bits per heavy atom. The van der Waals surface area contributed by atoms with Gasteiger partial charge in [0.25, 0.3) is 0 Å². The maximum absolute atomic E-state index is 6.01. The number of aromatic nitrogens is 2. The van der Waals surface area contributed by atoms with E-state index < -0.39 is 0 Å². The van der Waals surface area contributed by atoms with E-state index in [0.29, 0.717) is 18.3 Å². The molecule has 1 aromatic heterocycles. The summed E-state index contributed by atoms with van der Waals surface area (Å²) in [4.78, 5) is 0. The van der Waals surface area contributed by atoms with Gasteiger partial charge in [-0.2, -0.15) is 0 Å². The van der Waals surface area contributed by atoms with Crippen molar-refractivity contribution in [2.45, 2.75) is 12.6 Å². The molecule has 1 N–H and O–H groups in total. The molecule has 134 valence electrons. The lowest BCUT2D eigenvalue weighted by atomic mass is 10.1. The summed E-state index contributed by atoms with van der Waals surface area (Å²) in [6, 6.07) is 28.0. The van der Waals surface area contributed by atoms with Crippen LogP contribution < -0.4 is 5.32 Å². The van der Waals surface area contributed by atoms with Crippen LogP contribution in [0.1, 0.15) is 23.1 Å². The van der Waals surface area contributed by atoms with Crippen molar-refractivity contribution in [3.05, 3.63) is 106 Å². The largest absolute Gasteiger partial charge is 0.419 e. The summed E-state index contributed by atoms with van der Waals surface area (Å²) in [6.07, 6.45) is 0. The highest BCUT2D eigenvalue weighted by atomic mass is 79.9. The molecule has 5 heteroatoms. The topological polar surface area (TPSA) is 51.0 Å². The quantitative estimate of drug-likeness (QED) is 0.455. The molecule has 0 unspecified atom stereocenters. The van der Waals surface area contributed by atoms with Crippen molar-refractivity contribution < 1.29 is 4.42 Å². The normalized spacial score (nSPS) is 12.0. The lowest BCUT2D eigenvalue weighted by molar-refractivity contribution is 0.438. The second kappa shape index (κ2) is 8.29. The Morgan fingerprint density at radius 3 is 2.19 bits per heavy atom. The van der Waals surface area contributed by atoms with Gasteiger partial charge in [-0.1, -0.05) is 76.6 Å². The van der Waals surface area contributed by atoms with Crippen molar-refractivity contribution >= 4 is 15.9 Å². The standard InChI is InChI=1S/C22H18BrN3O/c23-19-13-11-17(12-14-19)20(24-15-16-7-3-1-4-8-16)22-26-25-21(27-22)18-9-5-2-6-10-18/h1-14,20,24H,15H2/t20-/m0/s1. The second-order valence-corrected chi connectivity index (χ2v) is 7.08. The number of hydrogen-bond acceptors (Lipinski definition) is 4. The van der Waals surface area contributed by atoms with Gasteiger partial charge in [-0.25, -0.2) is 0 Å². The fraction of sp³-hybridized carbons (Fsp3) is 0.0909. The van der Waals surface area contributed by atoms with E-state index >= 15 is 0 Å². The van der Waals surface area contributed by atoms with E-state index in [2.05, 4.69) is 55.7 Å². The average molecular weight is 420 g/mol. The van der Waals surface area contributed by atoms with Crippen molar-refractivity contribution in [1.82, 2.24) is 15.5 Å². The smallest absolute Gasteiger partial charge is 0.247 e. The number of benzene rings is 3. The van der Waals surface area contributed by atoms with E-state index in [1.807, 2.05) is 60.7 Å². The molecule has 0 fully saturated rings. The van der Waals surface area contributed by atoms with Crippen LogP contribution in [0.3, 0.4) is 0 Å². The Balaban J connectivity index is 1.63. The predicted octanol–water partition coefficient (Wildman–Crippen LogP) is 5.38. The highest BCUT2D eigenvalue weighted by molar-refractivity contribution is 9.10. The van der Waals surface area contributed by atoms with Crippen molar-refractivity contribution in [3.63, 3.8) is 0 Å². The van der Waals surface area contributed by atoms with Crippen LogP contribution in [-0.4, -0.2) is 10.2 Å². The molecule has 0 saturated carbocycles. The van der Waals surface area contributed by atoms with E-state index in [1.165, 1.54) is 5.56 Å². The fourth-order valence-corrected chi connectivity index (χ4v) is 3.13. The summed E-state index contributed by atoms with van der Waals surface area (Å²) in [5.41, 5.74) is 3.17. The highest BCUT2D eigenvalue weighted by Gasteiger charge is 2.21. The number of nitrogens with zero attached hydrogens (tertiary/aromatic N) is 2. The first-order valence-electron chi connectivity index (χ1n) is 8.71. The van der Waals surface area contributed by atoms with Crippen LogP contribution in [0.5, 0.6) is 0 Å². The number of halogens is 1. The van der Waals surface area contributed by atoms with Gasteiger partial charge in [0.1, 0.15) is 6.04 Å². The van der Waals surface area contributed by atoms with E-state index in [4.69, 9.17) is 4.42 Å². The molecule has 0 bridgehead atoms. The first kappa shape index (κ1) is 17.6. The maximum Gasteiger partial charge on any atom is 0.247 e. The van der Waals surface area contributed by atoms with E-state index in [-0.39, 0.29) is 6.04 Å². The molecule has 1 atom stereocenters. The molecular weight excluding hydrogens is 402 g/mol. The molecule has 0 aliphatic heterocycles. The van der Waals surface area contributed by atoms with E-state index in [0.717, 1.165) is 15.6 Å². The van der Waals surface area contributed by atoms with Crippen LogP contribution >= 0.6 is 15.9 Å². The molecule has 1 heterocycles. The van der Waals surface area contributed by atoms with Crippen molar-refractivity contribution in [2.75, 3.05) is 0 Å². The molecule has 0 saturated heterocycles. The van der Waals surface area contributed by atoms with Crippen molar-refractivity contribution in [2.24, 2.45) is 0 Å². The summed E-state index contributed by atoms with van der Waals surface area (Å²) in [7, 11) is 0. The number of nitrogens with one attached hydrogen (secondary N) is 1. The zero-order valence-corrected chi connectivity index (χ0v) is 16.1. The van der Waals surface area contributed by atoms with Gasteiger partial charge in [-0.05, 0) is 35.4 Å². The van der Waals surface area contributed by atoms with Gasteiger partial charge in [-0.15, -0.1) is 10.2 Å². The average Bonchev–Trinajstić information content (AvgIpc) is 3.21. The van der Waals surface area contributed by atoms with Gasteiger partial charge >= 0.3 is 0 Å². The van der Waals surface area contributed by atoms with Crippen LogP contribution in [0, 0.1) is 0 Å². The molecule has 3 aromatic carbocycles. The molecule has 4 nitrogen and oxygen atoms in total. The van der Waals surface area contributed by atoms with E-state index in [9.17, 15) is 0 Å². The van der Waals surface area contributed by atoms with Crippen LogP contribution in [-0.2, 0) is 6.54 Å². The third-order valence-corrected chi connectivity index (χ3v) is 4.79. The fourth-order valence-electron chi connectivity index (χ4n) is 2.87. The zero-order chi connectivity index (χ0) is 18.5. The highest BCUT2D eigenvalue weighted by Crippen LogP contribution is 2.26. The van der Waals surface area contributed by atoms with Crippen LogP contribution in [0.15, 0.2) is 93.8 Å². The number of hydrogen-bond donors (Lipinski definition) is 1. The summed E-state index contributed by atoms with van der Waals surface area (Å²) in [5.74, 6) is 1.07. The van der Waals surface area contributed by atoms with Gasteiger partial charge in [-0.3, -0.25) is 5.32 Å². The molecule has 0 amide bonds. The van der Waals surface area contributed by atoms with Crippen LogP contribution in [0.25, 0.3) is 11.5 Å². The first-order valence-corrected chi connectivity index (χ1v) is 9.50. The van der Waals surface area contributed by atoms with Crippen molar-refractivity contribution in [3.8, 4) is 11.5 Å². The minimum atomic E-state index is -0.191. The Labute approximate surface area is 166 Å². The third kappa shape index (κ3) is 4.32. The van der Waals surface area contributed by atoms with Gasteiger partial charge in [0, 0.05) is 16.6 Å². The Morgan fingerprint density at radius 2 is 1.48 bits per heavy atom. The minimum Gasteiger partial charge on any atom is -0.419 e. The van der Waals surface area contributed by atoms with Gasteiger partial charge in [0.2, 0.25) is 11.8 Å².